The van der Waals surface area contributed by atoms with Crippen molar-refractivity contribution in [3.05, 3.63) is 93.5 Å². The summed E-state index contributed by atoms with van der Waals surface area (Å²) in [6.07, 6.45) is -1.88. The smallest absolute Gasteiger partial charge is 0.444 e. The Morgan fingerprint density at radius 3 is 2.31 bits per heavy atom. The highest BCUT2D eigenvalue weighted by atomic mass is 35.5. The minimum Gasteiger partial charge on any atom is -0.444 e. The monoisotopic (exact) mass is 721 g/mol. The van der Waals surface area contributed by atoms with Crippen molar-refractivity contribution >= 4 is 53.0 Å². The molecule has 0 bridgehead atoms. The summed E-state index contributed by atoms with van der Waals surface area (Å²) in [7, 11) is 0. The lowest BCUT2D eigenvalue weighted by Gasteiger charge is -2.25. The van der Waals surface area contributed by atoms with Crippen LogP contribution >= 0.6 is 11.6 Å². The standard InChI is InChI=1S/C38H44ClN3O9/c1-22(2)32(41-36(46)51-38(5,6)7)35(45)48-21-49-37(47)50-31-13-10-18-42(30-17-14-25(39)20-29(30)31)34(44)28-16-15-26(19-24(28)4)40-33(43)27-12-9-8-11-23(27)3/h8-9,11-12,14-17,19-20,22,31-32H,10,13,18,21H2,1-7H3,(H,40,43)(H,41,46)/t31?,32-/m0/s1. The van der Waals surface area contributed by atoms with Gasteiger partial charge >= 0.3 is 18.2 Å². The van der Waals surface area contributed by atoms with Crippen LogP contribution in [-0.4, -0.2) is 55.0 Å². The number of nitrogens with zero attached hydrogens (tertiary/aromatic N) is 1. The van der Waals surface area contributed by atoms with Gasteiger partial charge < -0.3 is 34.5 Å². The van der Waals surface area contributed by atoms with E-state index < -0.39 is 42.8 Å². The second kappa shape index (κ2) is 16.7. The lowest BCUT2D eigenvalue weighted by Crippen LogP contribution is -2.47. The summed E-state index contributed by atoms with van der Waals surface area (Å²) in [4.78, 5) is 66.1. The highest BCUT2D eigenvalue weighted by Gasteiger charge is 2.32. The van der Waals surface area contributed by atoms with Crippen LogP contribution < -0.4 is 15.5 Å². The molecule has 0 saturated carbocycles. The van der Waals surface area contributed by atoms with Crippen LogP contribution in [0.2, 0.25) is 5.02 Å². The third-order valence-electron chi connectivity index (χ3n) is 8.03. The number of carbonyl (C=O) groups is 5. The van der Waals surface area contributed by atoms with E-state index in [1.165, 1.54) is 0 Å². The molecule has 13 heteroatoms. The van der Waals surface area contributed by atoms with Crippen LogP contribution in [0, 0.1) is 19.8 Å². The number of benzene rings is 3. The first-order valence-corrected chi connectivity index (χ1v) is 17.0. The zero-order valence-corrected chi connectivity index (χ0v) is 30.6. The highest BCUT2D eigenvalue weighted by Crippen LogP contribution is 2.38. The zero-order valence-electron chi connectivity index (χ0n) is 29.8. The molecule has 3 aromatic carbocycles. The summed E-state index contributed by atoms with van der Waals surface area (Å²) in [5.74, 6) is -1.69. The van der Waals surface area contributed by atoms with Crippen molar-refractivity contribution in [3.8, 4) is 0 Å². The molecule has 0 radical (unpaired) electrons. The van der Waals surface area contributed by atoms with Gasteiger partial charge in [0.05, 0.1) is 5.69 Å². The summed E-state index contributed by atoms with van der Waals surface area (Å²) in [5, 5.41) is 5.75. The van der Waals surface area contributed by atoms with Crippen molar-refractivity contribution in [2.45, 2.75) is 79.1 Å². The van der Waals surface area contributed by atoms with Gasteiger partial charge in [-0.15, -0.1) is 0 Å². The second-order valence-electron chi connectivity index (χ2n) is 13.6. The number of hydrogen-bond acceptors (Lipinski definition) is 9. The van der Waals surface area contributed by atoms with Gasteiger partial charge in [-0.2, -0.15) is 0 Å². The Bertz CT molecular complexity index is 1790. The van der Waals surface area contributed by atoms with Crippen molar-refractivity contribution < 1.29 is 42.9 Å². The molecule has 1 aliphatic rings. The largest absolute Gasteiger partial charge is 0.511 e. The third kappa shape index (κ3) is 10.5. The molecule has 0 spiro atoms. The molecule has 3 aromatic rings. The Morgan fingerprint density at radius 2 is 1.65 bits per heavy atom. The molecule has 3 amide bonds. The lowest BCUT2D eigenvalue weighted by atomic mass is 10.0. The molecular formula is C38H44ClN3O9. The molecule has 0 aromatic heterocycles. The molecule has 1 heterocycles. The summed E-state index contributed by atoms with van der Waals surface area (Å²) in [6.45, 7) is 11.7. The molecule has 2 atom stereocenters. The van der Waals surface area contributed by atoms with Crippen LogP contribution in [0.4, 0.5) is 21.0 Å². The second-order valence-corrected chi connectivity index (χ2v) is 14.0. The van der Waals surface area contributed by atoms with Gasteiger partial charge in [0.15, 0.2) is 0 Å². The Morgan fingerprint density at radius 1 is 0.922 bits per heavy atom. The molecule has 0 saturated heterocycles. The van der Waals surface area contributed by atoms with Crippen molar-refractivity contribution in [1.82, 2.24) is 5.32 Å². The number of fused-ring (bicyclic) bond motifs is 1. The average molecular weight is 722 g/mol. The fourth-order valence-corrected chi connectivity index (χ4v) is 5.71. The van der Waals surface area contributed by atoms with Gasteiger partial charge in [0.1, 0.15) is 17.7 Å². The van der Waals surface area contributed by atoms with E-state index in [0.717, 1.165) is 5.56 Å². The van der Waals surface area contributed by atoms with Crippen LogP contribution in [-0.2, 0) is 23.7 Å². The Balaban J connectivity index is 1.42. The first-order chi connectivity index (χ1) is 24.0. The van der Waals surface area contributed by atoms with Crippen LogP contribution in [0.15, 0.2) is 60.7 Å². The maximum atomic E-state index is 14.0. The average Bonchev–Trinajstić information content (AvgIpc) is 3.21. The summed E-state index contributed by atoms with van der Waals surface area (Å²) in [5.41, 5.74) is 3.31. The first kappa shape index (κ1) is 38.7. The van der Waals surface area contributed by atoms with E-state index in [9.17, 15) is 24.0 Å². The fourth-order valence-electron chi connectivity index (χ4n) is 5.53. The number of anilines is 2. The van der Waals surface area contributed by atoms with E-state index in [1.54, 1.807) is 95.0 Å². The maximum absolute atomic E-state index is 14.0. The number of carbonyl (C=O) groups excluding carboxylic acids is 5. The van der Waals surface area contributed by atoms with E-state index >= 15 is 0 Å². The van der Waals surface area contributed by atoms with Gasteiger partial charge in [-0.25, -0.2) is 14.4 Å². The van der Waals surface area contributed by atoms with Gasteiger partial charge in [0, 0.05) is 33.9 Å². The van der Waals surface area contributed by atoms with Crippen LogP contribution in [0.5, 0.6) is 0 Å². The zero-order chi connectivity index (χ0) is 37.5. The first-order valence-electron chi connectivity index (χ1n) is 16.6. The molecule has 0 fully saturated rings. The van der Waals surface area contributed by atoms with Crippen molar-refractivity contribution in [2.24, 2.45) is 5.92 Å². The quantitative estimate of drug-likeness (QED) is 0.128. The number of nitrogens with one attached hydrogen (secondary N) is 2. The third-order valence-corrected chi connectivity index (χ3v) is 8.27. The number of amides is 3. The van der Waals surface area contributed by atoms with Gasteiger partial charge in [-0.05, 0) is 107 Å². The van der Waals surface area contributed by atoms with Gasteiger partial charge in [-0.3, -0.25) is 9.59 Å². The number of alkyl carbamates (subject to hydrolysis) is 1. The normalized spacial score (nSPS) is 14.8. The minimum atomic E-state index is -1.10. The molecule has 51 heavy (non-hydrogen) atoms. The maximum Gasteiger partial charge on any atom is 0.511 e. The van der Waals surface area contributed by atoms with Crippen LogP contribution in [0.1, 0.15) is 91.0 Å². The molecule has 4 rings (SSSR count). The number of esters is 1. The van der Waals surface area contributed by atoms with Crippen LogP contribution in [0.25, 0.3) is 0 Å². The topological polar surface area (TPSA) is 150 Å². The predicted molar refractivity (Wildman–Crippen MR) is 192 cm³/mol. The lowest BCUT2D eigenvalue weighted by molar-refractivity contribution is -0.157. The van der Waals surface area contributed by atoms with Gasteiger partial charge in [-0.1, -0.05) is 43.6 Å². The SMILES string of the molecule is Cc1ccccc1C(=O)Nc1ccc(C(=O)N2CCCC(OC(=O)OCOC(=O)[C@@H](NC(=O)OC(C)(C)C)C(C)C)c3cc(Cl)ccc32)c(C)c1. The molecule has 1 unspecified atom stereocenters. The van der Waals surface area contributed by atoms with Crippen molar-refractivity contribution in [1.29, 1.82) is 0 Å². The molecule has 12 nitrogen and oxygen atoms in total. The van der Waals surface area contributed by atoms with E-state index in [1.807, 2.05) is 19.1 Å². The fraction of sp³-hybridized carbons (Fsp3) is 0.395. The van der Waals surface area contributed by atoms with Crippen LogP contribution in [0.3, 0.4) is 0 Å². The summed E-state index contributed by atoms with van der Waals surface area (Å²) >= 11 is 6.35. The van der Waals surface area contributed by atoms with E-state index in [0.29, 0.717) is 58.0 Å². The molecule has 1 aliphatic heterocycles. The molecule has 2 N–H and O–H groups in total. The van der Waals surface area contributed by atoms with Crippen molar-refractivity contribution in [3.63, 3.8) is 0 Å². The Hall–Kier alpha value is -5.10. The predicted octanol–water partition coefficient (Wildman–Crippen LogP) is 7.89. The van der Waals surface area contributed by atoms with Crippen molar-refractivity contribution in [2.75, 3.05) is 23.6 Å². The number of ether oxygens (including phenoxy) is 4. The number of halogens is 1. The number of aryl methyl sites for hydroxylation is 2. The highest BCUT2D eigenvalue weighted by molar-refractivity contribution is 6.30. The van der Waals surface area contributed by atoms with E-state index in [4.69, 9.17) is 30.5 Å². The van der Waals surface area contributed by atoms with E-state index in [2.05, 4.69) is 10.6 Å². The molecule has 272 valence electrons. The number of rotatable bonds is 9. The number of hydrogen-bond donors (Lipinski definition) is 2. The molecule has 0 aliphatic carbocycles. The van der Waals surface area contributed by atoms with Gasteiger partial charge in [0.2, 0.25) is 6.79 Å². The summed E-state index contributed by atoms with van der Waals surface area (Å²) in [6, 6.07) is 16.3. The van der Waals surface area contributed by atoms with E-state index in [-0.39, 0.29) is 17.7 Å². The minimum absolute atomic E-state index is 0.248. The van der Waals surface area contributed by atoms with Gasteiger partial charge in [0.25, 0.3) is 11.8 Å². The Kier molecular flexibility index (Phi) is 12.7. The molecular weight excluding hydrogens is 678 g/mol. The summed E-state index contributed by atoms with van der Waals surface area (Å²) < 4.78 is 21.0. The Labute approximate surface area is 302 Å².